The van der Waals surface area contributed by atoms with E-state index < -0.39 is 0 Å². The summed E-state index contributed by atoms with van der Waals surface area (Å²) in [6.07, 6.45) is 8.58. The van der Waals surface area contributed by atoms with E-state index in [4.69, 9.17) is 0 Å². The maximum atomic E-state index is 4.26. The first-order valence-electron chi connectivity index (χ1n) is 3.66. The van der Waals surface area contributed by atoms with E-state index in [1.54, 1.807) is 11.3 Å². The summed E-state index contributed by atoms with van der Waals surface area (Å²) in [5.74, 6) is 0.509. The van der Waals surface area contributed by atoms with Crippen LogP contribution in [0.15, 0.2) is 17.7 Å². The minimum Gasteiger partial charge on any atom is -0.245 e. The van der Waals surface area contributed by atoms with Crippen molar-refractivity contribution < 1.29 is 0 Å². The molecule has 0 fully saturated rings. The fraction of sp³-hybridized carbons (Fsp3) is 0.222. The number of nitrogens with zero attached hydrogens (tertiary/aromatic N) is 1. The highest BCUT2D eigenvalue weighted by Gasteiger charge is 1.95. The Labute approximate surface area is 69.4 Å². The first kappa shape index (κ1) is 6.80. The van der Waals surface area contributed by atoms with Gasteiger partial charge in [-0.3, -0.25) is 0 Å². The molecule has 1 aromatic heterocycles. The third-order valence-corrected chi connectivity index (χ3v) is 2.52. The van der Waals surface area contributed by atoms with Gasteiger partial charge in [-0.15, -0.1) is 11.3 Å². The van der Waals surface area contributed by atoms with Crippen LogP contribution < -0.4 is 9.88 Å². The summed E-state index contributed by atoms with van der Waals surface area (Å²) in [5.41, 5.74) is 1.89. The molecule has 0 saturated heterocycles. The monoisotopic (exact) mass is 163 g/mol. The summed E-state index contributed by atoms with van der Waals surface area (Å²) in [4.78, 5) is 4.26. The van der Waals surface area contributed by atoms with E-state index in [-0.39, 0.29) is 0 Å². The lowest BCUT2D eigenvalue weighted by molar-refractivity contribution is 0.992. The summed E-state index contributed by atoms with van der Waals surface area (Å²) in [6, 6.07) is 0. The van der Waals surface area contributed by atoms with Crippen LogP contribution in [-0.4, -0.2) is 4.98 Å². The quantitative estimate of drug-likeness (QED) is 0.554. The number of rotatable bonds is 0. The molecule has 0 aliphatic heterocycles. The predicted molar refractivity (Wildman–Crippen MR) is 48.6 cm³/mol. The molecule has 0 radical (unpaired) electrons. The molecule has 1 aliphatic rings. The summed E-state index contributed by atoms with van der Waals surface area (Å²) in [6.45, 7) is 2.17. The van der Waals surface area contributed by atoms with Crippen LogP contribution in [-0.2, 0) is 0 Å². The molecule has 0 bridgehead atoms. The van der Waals surface area contributed by atoms with Crippen molar-refractivity contribution in [3.63, 3.8) is 0 Å². The Hall–Kier alpha value is -0.890. The molecule has 11 heavy (non-hydrogen) atoms. The third-order valence-electron chi connectivity index (χ3n) is 1.71. The number of aromatic nitrogens is 1. The van der Waals surface area contributed by atoms with Crippen LogP contribution in [0.5, 0.6) is 0 Å². The molecular formula is C9H9NS. The Morgan fingerprint density at radius 3 is 3.36 bits per heavy atom. The summed E-state index contributed by atoms with van der Waals surface area (Å²) >= 11 is 1.69. The van der Waals surface area contributed by atoms with E-state index in [0.29, 0.717) is 5.92 Å². The fourth-order valence-electron chi connectivity index (χ4n) is 1.14. The predicted octanol–water partition coefficient (Wildman–Crippen LogP) is 0.910. The average Bonchev–Trinajstić information content (AvgIpc) is 2.31. The van der Waals surface area contributed by atoms with Crippen molar-refractivity contribution >= 4 is 23.5 Å². The van der Waals surface area contributed by atoms with Crippen molar-refractivity contribution in [1.82, 2.24) is 4.98 Å². The molecular weight excluding hydrogens is 154 g/mol. The van der Waals surface area contributed by atoms with E-state index in [0.717, 1.165) is 5.35 Å². The van der Waals surface area contributed by atoms with Gasteiger partial charge < -0.3 is 0 Å². The van der Waals surface area contributed by atoms with Crippen molar-refractivity contribution in [1.29, 1.82) is 0 Å². The minimum atomic E-state index is 0.509. The highest BCUT2D eigenvalue weighted by atomic mass is 32.1. The number of hydrogen-bond donors (Lipinski definition) is 0. The Kier molecular flexibility index (Phi) is 1.62. The van der Waals surface area contributed by atoms with E-state index in [1.807, 2.05) is 5.51 Å². The molecule has 0 saturated carbocycles. The zero-order valence-corrected chi connectivity index (χ0v) is 7.14. The Bertz CT molecular complexity index is 386. The van der Waals surface area contributed by atoms with Crippen LogP contribution in [0.3, 0.4) is 0 Å². The zero-order chi connectivity index (χ0) is 7.68. The molecule has 1 nitrogen and oxygen atoms in total. The van der Waals surface area contributed by atoms with Gasteiger partial charge >= 0.3 is 0 Å². The number of thiazole rings is 1. The second kappa shape index (κ2) is 2.62. The number of hydrogen-bond acceptors (Lipinski definition) is 2. The summed E-state index contributed by atoms with van der Waals surface area (Å²) in [7, 11) is 0. The van der Waals surface area contributed by atoms with Crippen LogP contribution in [0, 0.1) is 5.92 Å². The Morgan fingerprint density at radius 2 is 2.45 bits per heavy atom. The van der Waals surface area contributed by atoms with E-state index in [9.17, 15) is 0 Å². The molecule has 1 heterocycles. The van der Waals surface area contributed by atoms with Crippen LogP contribution in [0.2, 0.25) is 0 Å². The van der Waals surface area contributed by atoms with Crippen molar-refractivity contribution in [2.24, 2.45) is 5.92 Å². The molecule has 1 unspecified atom stereocenters. The molecule has 1 aliphatic carbocycles. The summed E-state index contributed by atoms with van der Waals surface area (Å²) < 4.78 is 1.27. The Morgan fingerprint density at radius 1 is 1.55 bits per heavy atom. The lowest BCUT2D eigenvalue weighted by Gasteiger charge is -1.91. The fourth-order valence-corrected chi connectivity index (χ4v) is 1.81. The molecule has 0 spiro atoms. The minimum absolute atomic E-state index is 0.509. The second-order valence-corrected chi connectivity index (χ2v) is 3.57. The topological polar surface area (TPSA) is 12.9 Å². The van der Waals surface area contributed by atoms with Gasteiger partial charge in [-0.05, 0) is 12.0 Å². The SMILES string of the molecule is CC1C=CC=c2scnc2=C1. The van der Waals surface area contributed by atoms with Gasteiger partial charge in [0.05, 0.1) is 15.4 Å². The molecule has 0 aromatic carbocycles. The summed E-state index contributed by atoms with van der Waals surface area (Å²) in [5, 5.41) is 1.13. The first-order valence-corrected chi connectivity index (χ1v) is 4.54. The standard InChI is InChI=1S/C9H9NS/c1-7-3-2-4-9-8(5-7)10-6-11-9/h2-7H,1H3. The van der Waals surface area contributed by atoms with Crippen LogP contribution in [0.25, 0.3) is 12.2 Å². The molecule has 1 aromatic rings. The average molecular weight is 163 g/mol. The van der Waals surface area contributed by atoms with Crippen molar-refractivity contribution in [2.75, 3.05) is 0 Å². The molecule has 2 rings (SSSR count). The molecule has 0 N–H and O–H groups in total. The molecule has 2 heteroatoms. The normalized spacial score (nSPS) is 21.4. The highest BCUT2D eigenvalue weighted by molar-refractivity contribution is 7.07. The van der Waals surface area contributed by atoms with Crippen molar-refractivity contribution in [3.05, 3.63) is 27.5 Å². The molecule has 1 atom stereocenters. The van der Waals surface area contributed by atoms with Crippen LogP contribution in [0.1, 0.15) is 6.92 Å². The Balaban J connectivity index is 2.74. The number of allylic oxidation sites excluding steroid dienone is 2. The van der Waals surface area contributed by atoms with Gasteiger partial charge in [0.2, 0.25) is 0 Å². The van der Waals surface area contributed by atoms with Crippen molar-refractivity contribution in [2.45, 2.75) is 6.92 Å². The smallest absolute Gasteiger partial charge is 0.0805 e. The largest absolute Gasteiger partial charge is 0.245 e. The van der Waals surface area contributed by atoms with Gasteiger partial charge in [0.15, 0.2) is 0 Å². The lowest BCUT2D eigenvalue weighted by Crippen LogP contribution is -2.20. The van der Waals surface area contributed by atoms with Gasteiger partial charge in [0.25, 0.3) is 0 Å². The molecule has 56 valence electrons. The lowest BCUT2D eigenvalue weighted by atomic mass is 10.2. The maximum absolute atomic E-state index is 4.26. The third kappa shape index (κ3) is 1.26. The number of fused-ring (bicyclic) bond motifs is 1. The van der Waals surface area contributed by atoms with Gasteiger partial charge in [-0.1, -0.05) is 25.2 Å². The van der Waals surface area contributed by atoms with Crippen LogP contribution in [0.4, 0.5) is 0 Å². The van der Waals surface area contributed by atoms with Gasteiger partial charge in [0.1, 0.15) is 0 Å². The van der Waals surface area contributed by atoms with Crippen molar-refractivity contribution in [3.8, 4) is 0 Å². The van der Waals surface area contributed by atoms with E-state index in [1.165, 1.54) is 4.53 Å². The van der Waals surface area contributed by atoms with Crippen LogP contribution >= 0.6 is 11.3 Å². The maximum Gasteiger partial charge on any atom is 0.0805 e. The molecule has 0 amide bonds. The van der Waals surface area contributed by atoms with E-state index >= 15 is 0 Å². The zero-order valence-electron chi connectivity index (χ0n) is 6.32. The second-order valence-electron chi connectivity index (χ2n) is 2.68. The van der Waals surface area contributed by atoms with Gasteiger partial charge in [0, 0.05) is 0 Å². The van der Waals surface area contributed by atoms with Gasteiger partial charge in [-0.25, -0.2) is 4.98 Å². The first-order chi connectivity index (χ1) is 5.36. The highest BCUT2D eigenvalue weighted by Crippen LogP contribution is 2.00. The van der Waals surface area contributed by atoms with Gasteiger partial charge in [-0.2, -0.15) is 0 Å². The van der Waals surface area contributed by atoms with E-state index in [2.05, 4.69) is 36.2 Å².